The van der Waals surface area contributed by atoms with Crippen LogP contribution < -0.4 is 10.9 Å². The number of nitrogens with zero attached hydrogens (tertiary/aromatic N) is 6. The first-order valence-electron chi connectivity index (χ1n) is 9.74. The summed E-state index contributed by atoms with van der Waals surface area (Å²) >= 11 is 0. The minimum absolute atomic E-state index is 0.0344. The van der Waals surface area contributed by atoms with Crippen molar-refractivity contribution in [2.45, 2.75) is 32.5 Å². The third kappa shape index (κ3) is 4.12. The Kier molecular flexibility index (Phi) is 5.33. The van der Waals surface area contributed by atoms with E-state index in [0.29, 0.717) is 5.65 Å². The van der Waals surface area contributed by atoms with Crippen LogP contribution in [0, 0.1) is 11.3 Å². The van der Waals surface area contributed by atoms with Gasteiger partial charge in [-0.25, -0.2) is 4.68 Å². The number of nitriles is 1. The number of nitrogens with one attached hydrogen (secondary N) is 1. The molecule has 0 fully saturated rings. The molecule has 1 amide bonds. The number of alkyl halides is 3. The van der Waals surface area contributed by atoms with Gasteiger partial charge in [-0.05, 0) is 30.2 Å². The lowest BCUT2D eigenvalue weighted by molar-refractivity contribution is -0.137. The van der Waals surface area contributed by atoms with Crippen LogP contribution in [0.25, 0.3) is 16.4 Å². The summed E-state index contributed by atoms with van der Waals surface area (Å²) in [6.45, 7) is 2.99. The monoisotopic (exact) mass is 455 g/mol. The van der Waals surface area contributed by atoms with E-state index in [-0.39, 0.29) is 33.6 Å². The lowest BCUT2D eigenvalue weighted by Gasteiger charge is -2.15. The summed E-state index contributed by atoms with van der Waals surface area (Å²) in [6, 6.07) is 6.21. The van der Waals surface area contributed by atoms with E-state index in [2.05, 4.69) is 20.6 Å². The second-order valence-electron chi connectivity index (χ2n) is 7.63. The average molecular weight is 455 g/mol. The minimum atomic E-state index is -4.56. The van der Waals surface area contributed by atoms with Crippen LogP contribution in [0.15, 0.2) is 41.6 Å². The Hall–Kier alpha value is -4.27. The first-order valence-corrected chi connectivity index (χ1v) is 9.74. The first-order chi connectivity index (χ1) is 15.6. The van der Waals surface area contributed by atoms with E-state index in [1.54, 1.807) is 13.8 Å². The molecule has 0 spiro atoms. The van der Waals surface area contributed by atoms with Crippen molar-refractivity contribution in [3.63, 3.8) is 0 Å². The highest BCUT2D eigenvalue weighted by atomic mass is 19.4. The highest BCUT2D eigenvalue weighted by Gasteiger charge is 2.31. The van der Waals surface area contributed by atoms with Crippen LogP contribution in [-0.2, 0) is 17.5 Å². The van der Waals surface area contributed by atoms with Crippen molar-refractivity contribution in [2.24, 2.45) is 0 Å². The van der Waals surface area contributed by atoms with Crippen molar-refractivity contribution in [3.05, 3.63) is 64.0 Å². The number of carbonyl (C=O) groups is 1. The molecule has 33 heavy (non-hydrogen) atoms. The predicted octanol–water partition coefficient (Wildman–Crippen LogP) is 3.09. The van der Waals surface area contributed by atoms with E-state index in [4.69, 9.17) is 0 Å². The Bertz CT molecular complexity index is 1500. The maximum atomic E-state index is 13.2. The molecule has 0 saturated carbocycles. The molecule has 0 unspecified atom stereocenters. The van der Waals surface area contributed by atoms with Gasteiger partial charge in [-0.1, -0.05) is 13.8 Å². The average Bonchev–Trinajstić information content (AvgIpc) is 3.22. The van der Waals surface area contributed by atoms with Gasteiger partial charge in [-0.15, -0.1) is 10.2 Å². The van der Waals surface area contributed by atoms with Crippen LogP contribution in [-0.4, -0.2) is 30.3 Å². The third-order valence-corrected chi connectivity index (χ3v) is 4.95. The summed E-state index contributed by atoms with van der Waals surface area (Å²) in [4.78, 5) is 25.5. The molecule has 3 aromatic heterocycles. The lowest BCUT2D eigenvalue weighted by Crippen LogP contribution is -2.31. The fourth-order valence-electron chi connectivity index (χ4n) is 3.45. The highest BCUT2D eigenvalue weighted by Crippen LogP contribution is 2.32. The maximum absolute atomic E-state index is 13.2. The van der Waals surface area contributed by atoms with Gasteiger partial charge in [0.2, 0.25) is 5.91 Å². The molecular weight excluding hydrogens is 439 g/mol. The molecule has 0 aliphatic carbocycles. The number of carbonyl (C=O) groups excluding carboxylic acids is 1. The van der Waals surface area contributed by atoms with Gasteiger partial charge in [-0.3, -0.25) is 14.0 Å². The second-order valence-corrected chi connectivity index (χ2v) is 7.63. The van der Waals surface area contributed by atoms with Crippen LogP contribution in [0.1, 0.15) is 36.6 Å². The third-order valence-electron chi connectivity index (χ3n) is 4.95. The number of aromatic nitrogens is 5. The number of hydrogen-bond donors (Lipinski definition) is 1. The standard InChI is InChI=1S/C21H16F3N7O2/c1-11(2)18-16-6-13(21(22,23)24)3-4-15(16)20(33)31(29-18)9-17(32)27-14-5-12(7-25)19-28-26-10-30(19)8-14/h3-6,8,10-11H,9H2,1-2H3,(H,27,32). The van der Waals surface area contributed by atoms with E-state index in [0.717, 1.165) is 22.9 Å². The Morgan fingerprint density at radius 3 is 2.67 bits per heavy atom. The zero-order valence-corrected chi connectivity index (χ0v) is 17.4. The second kappa shape index (κ2) is 8.01. The molecule has 168 valence electrons. The number of rotatable bonds is 4. The smallest absolute Gasteiger partial charge is 0.323 e. The first kappa shape index (κ1) is 21.9. The molecular formula is C21H16F3N7O2. The molecule has 0 aliphatic rings. The summed E-state index contributed by atoms with van der Waals surface area (Å²) in [7, 11) is 0. The van der Waals surface area contributed by atoms with Gasteiger partial charge >= 0.3 is 6.18 Å². The summed E-state index contributed by atoms with van der Waals surface area (Å²) in [6.07, 6.45) is -1.69. The van der Waals surface area contributed by atoms with Crippen LogP contribution in [0.4, 0.5) is 18.9 Å². The summed E-state index contributed by atoms with van der Waals surface area (Å²) in [5.74, 6) is -0.915. The Morgan fingerprint density at radius 1 is 1.24 bits per heavy atom. The Labute approximate surface area is 184 Å². The molecule has 0 bridgehead atoms. The quantitative estimate of drug-likeness (QED) is 0.505. The summed E-state index contributed by atoms with van der Waals surface area (Å²) < 4.78 is 41.8. The largest absolute Gasteiger partial charge is 0.416 e. The number of benzene rings is 1. The van der Waals surface area contributed by atoms with Gasteiger partial charge in [0.25, 0.3) is 5.56 Å². The number of anilines is 1. The molecule has 4 aromatic rings. The normalized spacial score (nSPS) is 11.8. The van der Waals surface area contributed by atoms with Crippen LogP contribution in [0.5, 0.6) is 0 Å². The van der Waals surface area contributed by atoms with Crippen molar-refractivity contribution >= 4 is 28.0 Å². The number of fused-ring (bicyclic) bond motifs is 2. The van der Waals surface area contributed by atoms with Gasteiger partial charge < -0.3 is 5.32 Å². The maximum Gasteiger partial charge on any atom is 0.416 e. The van der Waals surface area contributed by atoms with Gasteiger partial charge in [0.15, 0.2) is 5.65 Å². The number of hydrogen-bond acceptors (Lipinski definition) is 6. The van der Waals surface area contributed by atoms with Gasteiger partial charge in [0.1, 0.15) is 18.9 Å². The zero-order chi connectivity index (χ0) is 23.9. The van der Waals surface area contributed by atoms with E-state index in [9.17, 15) is 28.0 Å². The van der Waals surface area contributed by atoms with E-state index < -0.39 is 29.8 Å². The van der Waals surface area contributed by atoms with Crippen LogP contribution >= 0.6 is 0 Å². The van der Waals surface area contributed by atoms with E-state index in [1.807, 2.05) is 6.07 Å². The molecule has 9 nitrogen and oxygen atoms in total. The fourth-order valence-corrected chi connectivity index (χ4v) is 3.45. The summed E-state index contributed by atoms with van der Waals surface area (Å²) in [5.41, 5.74) is -0.522. The van der Waals surface area contributed by atoms with Gasteiger partial charge in [0.05, 0.1) is 27.9 Å². The van der Waals surface area contributed by atoms with Crippen molar-refractivity contribution in [2.75, 3.05) is 5.32 Å². The van der Waals surface area contributed by atoms with Crippen molar-refractivity contribution in [1.29, 1.82) is 5.26 Å². The Morgan fingerprint density at radius 2 is 2.00 bits per heavy atom. The Balaban J connectivity index is 1.70. The molecule has 1 N–H and O–H groups in total. The lowest BCUT2D eigenvalue weighted by atomic mass is 10.0. The predicted molar refractivity (Wildman–Crippen MR) is 111 cm³/mol. The van der Waals surface area contributed by atoms with E-state index >= 15 is 0 Å². The van der Waals surface area contributed by atoms with Crippen LogP contribution in [0.2, 0.25) is 0 Å². The zero-order valence-electron chi connectivity index (χ0n) is 17.4. The van der Waals surface area contributed by atoms with E-state index in [1.165, 1.54) is 23.0 Å². The minimum Gasteiger partial charge on any atom is -0.323 e. The highest BCUT2D eigenvalue weighted by molar-refractivity contribution is 5.91. The molecule has 0 atom stereocenters. The molecule has 3 heterocycles. The molecule has 0 saturated heterocycles. The molecule has 0 aliphatic heterocycles. The number of amides is 1. The SMILES string of the molecule is CC(C)c1nn(CC(=O)Nc2cc(C#N)c3nncn3c2)c(=O)c2ccc(C(F)(F)F)cc12. The summed E-state index contributed by atoms with van der Waals surface area (Å²) in [5, 5.41) is 23.7. The molecule has 4 rings (SSSR count). The molecule has 1 aromatic carbocycles. The van der Waals surface area contributed by atoms with Gasteiger partial charge in [0, 0.05) is 11.6 Å². The number of pyridine rings is 1. The van der Waals surface area contributed by atoms with Crippen molar-refractivity contribution < 1.29 is 18.0 Å². The van der Waals surface area contributed by atoms with Crippen molar-refractivity contribution in [1.82, 2.24) is 24.4 Å². The topological polar surface area (TPSA) is 118 Å². The van der Waals surface area contributed by atoms with Crippen molar-refractivity contribution in [3.8, 4) is 6.07 Å². The molecule has 12 heteroatoms. The van der Waals surface area contributed by atoms with Crippen LogP contribution in [0.3, 0.4) is 0 Å². The fraction of sp³-hybridized carbons (Fsp3) is 0.238. The van der Waals surface area contributed by atoms with Gasteiger partial charge in [-0.2, -0.15) is 23.5 Å². The number of halogens is 3. The molecule has 0 radical (unpaired) electrons.